The number of fused-ring (bicyclic) bond motifs is 1. The van der Waals surface area contributed by atoms with Crippen LogP contribution in [0.4, 0.5) is 0 Å². The SMILES string of the molecule is CCOC1CC(CC(=O)c2c[nH]c3ncccc23)C1. The van der Waals surface area contributed by atoms with Crippen LogP contribution in [0.15, 0.2) is 24.5 Å². The summed E-state index contributed by atoms with van der Waals surface area (Å²) < 4.78 is 5.52. The number of pyridine rings is 1. The van der Waals surface area contributed by atoms with Crippen molar-refractivity contribution in [1.82, 2.24) is 9.97 Å². The van der Waals surface area contributed by atoms with Crippen molar-refractivity contribution in [2.24, 2.45) is 5.92 Å². The molecule has 2 aromatic rings. The van der Waals surface area contributed by atoms with Crippen molar-refractivity contribution in [1.29, 1.82) is 0 Å². The van der Waals surface area contributed by atoms with E-state index >= 15 is 0 Å². The van der Waals surface area contributed by atoms with Gasteiger partial charge in [0.2, 0.25) is 0 Å². The smallest absolute Gasteiger partial charge is 0.165 e. The van der Waals surface area contributed by atoms with E-state index in [9.17, 15) is 4.79 Å². The maximum Gasteiger partial charge on any atom is 0.165 e. The zero-order chi connectivity index (χ0) is 13.2. The maximum absolute atomic E-state index is 12.3. The van der Waals surface area contributed by atoms with Crippen molar-refractivity contribution in [3.05, 3.63) is 30.1 Å². The number of rotatable bonds is 5. The van der Waals surface area contributed by atoms with Gasteiger partial charge in [-0.3, -0.25) is 4.79 Å². The average Bonchev–Trinajstić information content (AvgIpc) is 2.80. The number of H-pyrrole nitrogens is 1. The first-order chi connectivity index (χ1) is 9.28. The van der Waals surface area contributed by atoms with Crippen LogP contribution >= 0.6 is 0 Å². The summed E-state index contributed by atoms with van der Waals surface area (Å²) in [5, 5.41) is 0.924. The number of aromatic amines is 1. The van der Waals surface area contributed by atoms with E-state index in [1.807, 2.05) is 19.1 Å². The zero-order valence-electron chi connectivity index (χ0n) is 11.1. The molecule has 0 aromatic carbocycles. The van der Waals surface area contributed by atoms with Crippen LogP contribution < -0.4 is 0 Å². The van der Waals surface area contributed by atoms with Crippen molar-refractivity contribution in [3.8, 4) is 0 Å². The number of carbonyl (C=O) groups excluding carboxylic acids is 1. The highest BCUT2D eigenvalue weighted by molar-refractivity contribution is 6.07. The van der Waals surface area contributed by atoms with Gasteiger partial charge in [-0.2, -0.15) is 0 Å². The Morgan fingerprint density at radius 2 is 2.37 bits per heavy atom. The predicted molar refractivity (Wildman–Crippen MR) is 73.2 cm³/mol. The number of nitrogens with one attached hydrogen (secondary N) is 1. The summed E-state index contributed by atoms with van der Waals surface area (Å²) in [5.74, 6) is 0.685. The second-order valence-electron chi connectivity index (χ2n) is 5.14. The topological polar surface area (TPSA) is 55.0 Å². The van der Waals surface area contributed by atoms with Crippen LogP contribution in [0, 0.1) is 5.92 Å². The van der Waals surface area contributed by atoms with E-state index in [4.69, 9.17) is 4.74 Å². The Bertz CT molecular complexity index is 585. The Labute approximate surface area is 112 Å². The van der Waals surface area contributed by atoms with Gasteiger partial charge >= 0.3 is 0 Å². The van der Waals surface area contributed by atoms with Crippen molar-refractivity contribution in [2.75, 3.05) is 6.61 Å². The van der Waals surface area contributed by atoms with Crippen LogP contribution in [0.2, 0.25) is 0 Å². The third kappa shape index (κ3) is 2.40. The van der Waals surface area contributed by atoms with Gasteiger partial charge in [-0.05, 0) is 37.8 Å². The molecule has 1 saturated carbocycles. The molecule has 0 radical (unpaired) electrons. The number of aromatic nitrogens is 2. The van der Waals surface area contributed by atoms with Crippen LogP contribution in [-0.2, 0) is 4.74 Å². The van der Waals surface area contributed by atoms with Gasteiger partial charge in [0.25, 0.3) is 0 Å². The van der Waals surface area contributed by atoms with E-state index < -0.39 is 0 Å². The first-order valence-electron chi connectivity index (χ1n) is 6.84. The summed E-state index contributed by atoms with van der Waals surface area (Å²) in [6.07, 6.45) is 6.52. The summed E-state index contributed by atoms with van der Waals surface area (Å²) >= 11 is 0. The molecule has 0 atom stereocenters. The molecule has 0 spiro atoms. The minimum Gasteiger partial charge on any atom is -0.378 e. The van der Waals surface area contributed by atoms with Crippen LogP contribution in [0.1, 0.15) is 36.5 Å². The van der Waals surface area contributed by atoms with E-state index in [2.05, 4.69) is 9.97 Å². The van der Waals surface area contributed by atoms with Crippen LogP contribution in [0.5, 0.6) is 0 Å². The van der Waals surface area contributed by atoms with Crippen LogP contribution in [0.25, 0.3) is 11.0 Å². The number of carbonyl (C=O) groups is 1. The Hall–Kier alpha value is -1.68. The fourth-order valence-electron chi connectivity index (χ4n) is 2.77. The molecule has 0 saturated heterocycles. The van der Waals surface area contributed by atoms with Crippen molar-refractivity contribution < 1.29 is 9.53 Å². The first kappa shape index (κ1) is 12.4. The van der Waals surface area contributed by atoms with E-state index in [-0.39, 0.29) is 5.78 Å². The van der Waals surface area contributed by atoms with E-state index in [0.717, 1.165) is 36.0 Å². The third-order valence-corrected chi connectivity index (χ3v) is 3.82. The molecule has 4 heteroatoms. The Kier molecular flexibility index (Phi) is 3.34. The van der Waals surface area contributed by atoms with E-state index in [0.29, 0.717) is 18.4 Å². The van der Waals surface area contributed by atoms with Gasteiger partial charge in [-0.15, -0.1) is 0 Å². The lowest BCUT2D eigenvalue weighted by Gasteiger charge is -2.34. The third-order valence-electron chi connectivity index (χ3n) is 3.82. The second-order valence-corrected chi connectivity index (χ2v) is 5.14. The van der Waals surface area contributed by atoms with Gasteiger partial charge in [0.05, 0.1) is 6.10 Å². The highest BCUT2D eigenvalue weighted by atomic mass is 16.5. The predicted octanol–water partition coefficient (Wildman–Crippen LogP) is 2.95. The van der Waals surface area contributed by atoms with Crippen molar-refractivity contribution in [3.63, 3.8) is 0 Å². The van der Waals surface area contributed by atoms with Gasteiger partial charge in [0, 0.05) is 36.4 Å². The number of hydrogen-bond donors (Lipinski definition) is 1. The summed E-state index contributed by atoms with van der Waals surface area (Å²) in [4.78, 5) is 19.6. The fraction of sp³-hybridized carbons (Fsp3) is 0.467. The number of nitrogens with zero attached hydrogens (tertiary/aromatic N) is 1. The lowest BCUT2D eigenvalue weighted by molar-refractivity contribution is -0.0245. The number of ketones is 1. The minimum absolute atomic E-state index is 0.208. The van der Waals surface area contributed by atoms with E-state index in [1.165, 1.54) is 0 Å². The summed E-state index contributed by atoms with van der Waals surface area (Å²) in [6.45, 7) is 2.77. The molecule has 0 unspecified atom stereocenters. The lowest BCUT2D eigenvalue weighted by Crippen LogP contribution is -2.32. The molecule has 0 amide bonds. The molecule has 0 bridgehead atoms. The average molecular weight is 258 g/mol. The van der Waals surface area contributed by atoms with E-state index in [1.54, 1.807) is 12.4 Å². The van der Waals surface area contributed by atoms with Gasteiger partial charge in [-0.1, -0.05) is 0 Å². The molecule has 4 nitrogen and oxygen atoms in total. The molecule has 1 fully saturated rings. The fourth-order valence-corrected chi connectivity index (χ4v) is 2.77. The zero-order valence-corrected chi connectivity index (χ0v) is 11.1. The van der Waals surface area contributed by atoms with Gasteiger partial charge < -0.3 is 9.72 Å². The molecule has 3 rings (SSSR count). The highest BCUT2D eigenvalue weighted by Gasteiger charge is 2.31. The normalized spacial score (nSPS) is 22.4. The maximum atomic E-state index is 12.3. The lowest BCUT2D eigenvalue weighted by atomic mass is 9.78. The number of Topliss-reactive ketones (excluding diaryl/α,β-unsaturated/α-hetero) is 1. The summed E-state index contributed by atoms with van der Waals surface area (Å²) in [5.41, 5.74) is 1.55. The molecular weight excluding hydrogens is 240 g/mol. The number of hydrogen-bond acceptors (Lipinski definition) is 3. The van der Waals surface area contributed by atoms with Gasteiger partial charge in [-0.25, -0.2) is 4.98 Å². The molecular formula is C15H18N2O2. The molecule has 2 heterocycles. The quantitative estimate of drug-likeness (QED) is 0.839. The van der Waals surface area contributed by atoms with Gasteiger partial charge in [0.15, 0.2) is 5.78 Å². The van der Waals surface area contributed by atoms with Crippen molar-refractivity contribution >= 4 is 16.8 Å². The summed E-state index contributed by atoms with van der Waals surface area (Å²) in [7, 11) is 0. The second kappa shape index (κ2) is 5.13. The molecule has 0 aliphatic heterocycles. The Morgan fingerprint density at radius 3 is 3.16 bits per heavy atom. The summed E-state index contributed by atoms with van der Waals surface area (Å²) in [6, 6.07) is 3.80. The highest BCUT2D eigenvalue weighted by Crippen LogP contribution is 2.34. The molecule has 1 N–H and O–H groups in total. The minimum atomic E-state index is 0.208. The van der Waals surface area contributed by atoms with Crippen LogP contribution in [0.3, 0.4) is 0 Å². The Morgan fingerprint density at radius 1 is 1.53 bits per heavy atom. The van der Waals surface area contributed by atoms with Gasteiger partial charge in [0.1, 0.15) is 5.65 Å². The largest absolute Gasteiger partial charge is 0.378 e. The van der Waals surface area contributed by atoms with Crippen molar-refractivity contribution in [2.45, 2.75) is 32.3 Å². The first-order valence-corrected chi connectivity index (χ1v) is 6.84. The molecule has 1 aliphatic carbocycles. The standard InChI is InChI=1S/C15H18N2O2/c1-2-19-11-6-10(7-11)8-14(18)13-9-17-15-12(13)4-3-5-16-15/h3-5,9-11H,2,6-8H2,1H3,(H,16,17). The molecule has 100 valence electrons. The Balaban J connectivity index is 1.65. The number of ether oxygens (including phenoxy) is 1. The van der Waals surface area contributed by atoms with Crippen LogP contribution in [-0.4, -0.2) is 28.5 Å². The molecule has 1 aliphatic rings. The molecule has 19 heavy (non-hydrogen) atoms. The molecule has 2 aromatic heterocycles. The monoisotopic (exact) mass is 258 g/mol.